The predicted octanol–water partition coefficient (Wildman–Crippen LogP) is 1.80. The highest BCUT2D eigenvalue weighted by atomic mass is 19.1. The lowest BCUT2D eigenvalue weighted by atomic mass is 9.88. The zero-order chi connectivity index (χ0) is 10.3. The van der Waals surface area contributed by atoms with E-state index in [9.17, 15) is 4.39 Å². The number of hydrogen-bond donors (Lipinski definition) is 1. The zero-order valence-corrected chi connectivity index (χ0v) is 8.50. The van der Waals surface area contributed by atoms with Crippen LogP contribution in [0.4, 0.5) is 4.39 Å². The topological polar surface area (TPSA) is 21.3 Å². The molecule has 1 aromatic carbocycles. The number of fused-ring (bicyclic) bond motifs is 1. The van der Waals surface area contributed by atoms with Crippen LogP contribution in [-0.2, 0) is 11.2 Å². The summed E-state index contributed by atoms with van der Waals surface area (Å²) in [5, 5.41) is 3.29. The maximum Gasteiger partial charge on any atom is 0.129 e. The van der Waals surface area contributed by atoms with E-state index in [1.54, 1.807) is 6.07 Å². The van der Waals surface area contributed by atoms with Crippen LogP contribution in [0.5, 0.6) is 0 Å². The average molecular weight is 207 g/mol. The van der Waals surface area contributed by atoms with Crippen LogP contribution >= 0.6 is 0 Å². The van der Waals surface area contributed by atoms with Gasteiger partial charge in [0.1, 0.15) is 11.9 Å². The summed E-state index contributed by atoms with van der Waals surface area (Å²) in [4.78, 5) is 0. The van der Waals surface area contributed by atoms with Crippen molar-refractivity contribution in [3.63, 3.8) is 0 Å². The second kappa shape index (κ2) is 3.58. The minimum atomic E-state index is -0.120. The highest BCUT2D eigenvalue weighted by Gasteiger charge is 2.34. The van der Waals surface area contributed by atoms with E-state index in [2.05, 4.69) is 5.32 Å². The molecule has 3 heteroatoms. The van der Waals surface area contributed by atoms with Crippen molar-refractivity contribution >= 4 is 0 Å². The third-order valence-electron chi connectivity index (χ3n) is 3.32. The summed E-state index contributed by atoms with van der Waals surface area (Å²) in [6.07, 6.45) is 1.83. The van der Waals surface area contributed by atoms with Crippen molar-refractivity contribution < 1.29 is 9.13 Å². The Bertz CT molecular complexity index is 376. The van der Waals surface area contributed by atoms with Crippen molar-refractivity contribution in [3.8, 4) is 0 Å². The van der Waals surface area contributed by atoms with Gasteiger partial charge in [0.25, 0.3) is 0 Å². The van der Waals surface area contributed by atoms with Gasteiger partial charge in [-0.15, -0.1) is 0 Å². The third kappa shape index (κ3) is 1.46. The number of hydrogen-bond acceptors (Lipinski definition) is 2. The molecule has 0 amide bonds. The molecule has 0 radical (unpaired) electrons. The standard InChI is InChI=1S/C12H14FNO/c13-9-3-1-2-8-5-7-15-12(11(8)9)10-4-6-14-10/h1-3,10,12,14H,4-7H2/t10?,12-/m0/s1. The van der Waals surface area contributed by atoms with Gasteiger partial charge in [0.2, 0.25) is 0 Å². The van der Waals surface area contributed by atoms with Crippen LogP contribution < -0.4 is 5.32 Å². The Morgan fingerprint density at radius 3 is 3.00 bits per heavy atom. The monoisotopic (exact) mass is 207 g/mol. The first kappa shape index (κ1) is 9.31. The van der Waals surface area contributed by atoms with E-state index < -0.39 is 0 Å². The molecular weight excluding hydrogens is 193 g/mol. The number of benzene rings is 1. The molecule has 0 aromatic heterocycles. The number of ether oxygens (including phenoxy) is 1. The summed E-state index contributed by atoms with van der Waals surface area (Å²) < 4.78 is 19.4. The van der Waals surface area contributed by atoms with E-state index in [-0.39, 0.29) is 11.9 Å². The fourth-order valence-electron chi connectivity index (χ4n) is 2.38. The van der Waals surface area contributed by atoms with Crippen molar-refractivity contribution in [2.24, 2.45) is 0 Å². The first-order chi connectivity index (χ1) is 7.36. The highest BCUT2D eigenvalue weighted by molar-refractivity contribution is 5.33. The van der Waals surface area contributed by atoms with E-state index in [1.165, 1.54) is 6.07 Å². The van der Waals surface area contributed by atoms with E-state index in [1.807, 2.05) is 6.07 Å². The Balaban J connectivity index is 2.00. The number of rotatable bonds is 1. The Morgan fingerprint density at radius 2 is 2.27 bits per heavy atom. The van der Waals surface area contributed by atoms with Crippen LogP contribution in [-0.4, -0.2) is 19.2 Å². The molecule has 1 unspecified atom stereocenters. The molecule has 0 bridgehead atoms. The third-order valence-corrected chi connectivity index (χ3v) is 3.32. The Morgan fingerprint density at radius 1 is 1.40 bits per heavy atom. The lowest BCUT2D eigenvalue weighted by Crippen LogP contribution is -2.49. The maximum absolute atomic E-state index is 13.7. The predicted molar refractivity (Wildman–Crippen MR) is 55.2 cm³/mol. The number of nitrogens with one attached hydrogen (secondary N) is 1. The SMILES string of the molecule is Fc1cccc2c1[C@H](C1CCN1)OCC2. The van der Waals surface area contributed by atoms with E-state index in [0.717, 1.165) is 30.5 Å². The van der Waals surface area contributed by atoms with Crippen molar-refractivity contribution in [1.82, 2.24) is 5.32 Å². The van der Waals surface area contributed by atoms with E-state index in [4.69, 9.17) is 4.74 Å². The zero-order valence-electron chi connectivity index (χ0n) is 8.50. The quantitative estimate of drug-likeness (QED) is 0.758. The Labute approximate surface area is 88.4 Å². The summed E-state index contributed by atoms with van der Waals surface area (Å²) in [6.45, 7) is 1.73. The molecule has 15 heavy (non-hydrogen) atoms. The molecule has 2 aliphatic heterocycles. The van der Waals surface area contributed by atoms with E-state index >= 15 is 0 Å². The van der Waals surface area contributed by atoms with Crippen molar-refractivity contribution in [2.45, 2.75) is 25.0 Å². The molecule has 3 rings (SSSR count). The average Bonchev–Trinajstić information content (AvgIpc) is 2.15. The lowest BCUT2D eigenvalue weighted by Gasteiger charge is -2.38. The minimum absolute atomic E-state index is 0.0799. The fourth-order valence-corrected chi connectivity index (χ4v) is 2.38. The van der Waals surface area contributed by atoms with Crippen LogP contribution in [0.2, 0.25) is 0 Å². The first-order valence-electron chi connectivity index (χ1n) is 5.48. The largest absolute Gasteiger partial charge is 0.371 e. The molecule has 0 spiro atoms. The maximum atomic E-state index is 13.7. The van der Waals surface area contributed by atoms with Gasteiger partial charge in [0.15, 0.2) is 0 Å². The van der Waals surface area contributed by atoms with Crippen molar-refractivity contribution in [1.29, 1.82) is 0 Å². The molecule has 1 fully saturated rings. The van der Waals surface area contributed by atoms with Gasteiger partial charge < -0.3 is 10.1 Å². The molecule has 2 heterocycles. The fraction of sp³-hybridized carbons (Fsp3) is 0.500. The molecule has 2 nitrogen and oxygen atoms in total. The summed E-state index contributed by atoms with van der Waals surface area (Å²) in [6, 6.07) is 5.62. The highest BCUT2D eigenvalue weighted by Crippen LogP contribution is 2.34. The molecule has 1 N–H and O–H groups in total. The molecule has 2 atom stereocenters. The summed E-state index contributed by atoms with van der Waals surface area (Å²) in [5.41, 5.74) is 1.89. The van der Waals surface area contributed by atoms with E-state index in [0.29, 0.717) is 12.6 Å². The molecule has 0 aliphatic carbocycles. The summed E-state index contributed by atoms with van der Waals surface area (Å²) in [5.74, 6) is -0.120. The first-order valence-corrected chi connectivity index (χ1v) is 5.48. The molecule has 0 saturated carbocycles. The second-order valence-corrected chi connectivity index (χ2v) is 4.20. The van der Waals surface area contributed by atoms with Gasteiger partial charge in [-0.25, -0.2) is 4.39 Å². The van der Waals surface area contributed by atoms with Gasteiger partial charge in [-0.1, -0.05) is 12.1 Å². The molecule has 1 saturated heterocycles. The molecule has 1 aromatic rings. The summed E-state index contributed by atoms with van der Waals surface area (Å²) >= 11 is 0. The Hall–Kier alpha value is -0.930. The van der Waals surface area contributed by atoms with Crippen LogP contribution in [0, 0.1) is 5.82 Å². The van der Waals surface area contributed by atoms with Gasteiger partial charge in [-0.3, -0.25) is 0 Å². The minimum Gasteiger partial charge on any atom is -0.371 e. The van der Waals surface area contributed by atoms with Crippen LogP contribution in [0.25, 0.3) is 0 Å². The van der Waals surface area contributed by atoms with Gasteiger partial charge in [0.05, 0.1) is 6.61 Å². The normalized spacial score (nSPS) is 29.4. The van der Waals surface area contributed by atoms with Crippen LogP contribution in [0.15, 0.2) is 18.2 Å². The van der Waals surface area contributed by atoms with Gasteiger partial charge >= 0.3 is 0 Å². The van der Waals surface area contributed by atoms with Crippen molar-refractivity contribution in [2.75, 3.05) is 13.2 Å². The van der Waals surface area contributed by atoms with Gasteiger partial charge in [-0.2, -0.15) is 0 Å². The Kier molecular flexibility index (Phi) is 2.22. The lowest BCUT2D eigenvalue weighted by molar-refractivity contribution is -0.00395. The molecular formula is C12H14FNO. The molecule has 2 aliphatic rings. The van der Waals surface area contributed by atoms with Crippen LogP contribution in [0.1, 0.15) is 23.7 Å². The second-order valence-electron chi connectivity index (χ2n) is 4.20. The number of halogens is 1. The smallest absolute Gasteiger partial charge is 0.129 e. The van der Waals surface area contributed by atoms with Crippen molar-refractivity contribution in [3.05, 3.63) is 35.1 Å². The van der Waals surface area contributed by atoms with Crippen LogP contribution in [0.3, 0.4) is 0 Å². The molecule has 80 valence electrons. The van der Waals surface area contributed by atoms with Gasteiger partial charge in [-0.05, 0) is 31.0 Å². The van der Waals surface area contributed by atoms with Gasteiger partial charge in [0, 0.05) is 11.6 Å². The summed E-state index contributed by atoms with van der Waals surface area (Å²) in [7, 11) is 0.